The molecule has 0 fully saturated rings. The molecule has 0 radical (unpaired) electrons. The third kappa shape index (κ3) is 40.5. The van der Waals surface area contributed by atoms with E-state index in [2.05, 4.69) is 74.6 Å². The smallest absolute Gasteiger partial charge is 0.306 e. The molecule has 0 saturated heterocycles. The molecule has 1 N–H and O–H groups in total. The Hall–Kier alpha value is -1.91. The molecule has 0 bridgehead atoms. The topological polar surface area (TPSA) is 55.8 Å². The van der Waals surface area contributed by atoms with Gasteiger partial charge in [-0.3, -0.25) is 4.79 Å². The molecule has 0 spiro atoms. The van der Waals surface area contributed by atoms with Crippen molar-refractivity contribution in [1.82, 2.24) is 0 Å². The fourth-order valence-electron chi connectivity index (χ4n) is 5.83. The third-order valence-electron chi connectivity index (χ3n) is 9.07. The van der Waals surface area contributed by atoms with Crippen LogP contribution in [0.2, 0.25) is 0 Å². The minimum Gasteiger partial charge on any atom is -0.457 e. The van der Waals surface area contributed by atoms with E-state index in [1.807, 2.05) is 0 Å². The molecule has 0 saturated carbocycles. The van der Waals surface area contributed by atoms with E-state index in [-0.39, 0.29) is 19.2 Å². The molecule has 50 heavy (non-hydrogen) atoms. The van der Waals surface area contributed by atoms with Crippen LogP contribution >= 0.6 is 0 Å². The van der Waals surface area contributed by atoms with Crippen molar-refractivity contribution < 1.29 is 19.4 Å². The molecular weight excluding hydrogens is 617 g/mol. The van der Waals surface area contributed by atoms with Crippen molar-refractivity contribution in [2.45, 2.75) is 206 Å². The first kappa shape index (κ1) is 48.1. The number of hydrogen-bond acceptors (Lipinski definition) is 4. The zero-order valence-electron chi connectivity index (χ0n) is 33.2. The van der Waals surface area contributed by atoms with Crippen LogP contribution < -0.4 is 0 Å². The summed E-state index contributed by atoms with van der Waals surface area (Å²) in [5.41, 5.74) is 0. The van der Waals surface area contributed by atoms with Crippen LogP contribution in [0.3, 0.4) is 0 Å². The fraction of sp³-hybridized carbons (Fsp3) is 0.761. The summed E-state index contributed by atoms with van der Waals surface area (Å²) in [6.45, 7) is 5.28. The van der Waals surface area contributed by atoms with E-state index in [0.29, 0.717) is 13.0 Å². The molecule has 0 aromatic carbocycles. The van der Waals surface area contributed by atoms with Crippen LogP contribution in [-0.2, 0) is 14.3 Å². The average molecular weight is 699 g/mol. The number of aliphatic hydroxyl groups excluding tert-OH is 1. The van der Waals surface area contributed by atoms with Crippen molar-refractivity contribution in [3.63, 3.8) is 0 Å². The van der Waals surface area contributed by atoms with Crippen LogP contribution in [0.4, 0.5) is 0 Å². The van der Waals surface area contributed by atoms with E-state index in [1.54, 1.807) is 0 Å². The van der Waals surface area contributed by atoms with Gasteiger partial charge in [0.25, 0.3) is 0 Å². The number of allylic oxidation sites excluding steroid dienone is 10. The maximum atomic E-state index is 12.2. The van der Waals surface area contributed by atoms with Gasteiger partial charge in [-0.15, -0.1) is 0 Å². The fourth-order valence-corrected chi connectivity index (χ4v) is 5.83. The number of rotatable bonds is 39. The standard InChI is InChI=1S/C46H82O4/c1-3-5-7-9-11-13-15-17-19-21-23-25-27-29-31-33-35-37-39-41-46(48)50-45(43-47)44-49-42-40-38-36-34-32-30-28-26-24-22-20-18-16-14-12-10-8-6-4-2/h11,13-14,16-17,19-20,22-23,25,45,47H,3-10,12,15,18,21,24,26-44H2,1-2H3/b13-11-,16-14-,19-17-,22-20-,25-23-. The average Bonchev–Trinajstić information content (AvgIpc) is 3.12. The van der Waals surface area contributed by atoms with Crippen molar-refractivity contribution >= 4 is 5.97 Å². The molecule has 0 amide bonds. The summed E-state index contributed by atoms with van der Waals surface area (Å²) in [7, 11) is 0. The number of esters is 1. The minimum atomic E-state index is -0.546. The second-order valence-electron chi connectivity index (χ2n) is 14.1. The van der Waals surface area contributed by atoms with E-state index in [4.69, 9.17) is 9.47 Å². The first-order valence-corrected chi connectivity index (χ1v) is 21.4. The molecule has 0 aliphatic heterocycles. The van der Waals surface area contributed by atoms with Gasteiger partial charge in [-0.1, -0.05) is 171 Å². The Morgan fingerprint density at radius 1 is 0.480 bits per heavy atom. The maximum absolute atomic E-state index is 12.2. The molecule has 1 unspecified atom stereocenters. The molecule has 0 aliphatic rings. The monoisotopic (exact) mass is 699 g/mol. The second kappa shape index (κ2) is 43.3. The van der Waals surface area contributed by atoms with Gasteiger partial charge in [0.1, 0.15) is 6.10 Å². The van der Waals surface area contributed by atoms with E-state index < -0.39 is 6.10 Å². The Morgan fingerprint density at radius 2 is 0.840 bits per heavy atom. The molecule has 4 heteroatoms. The van der Waals surface area contributed by atoms with Crippen molar-refractivity contribution in [2.75, 3.05) is 19.8 Å². The van der Waals surface area contributed by atoms with Gasteiger partial charge in [0.2, 0.25) is 0 Å². The second-order valence-corrected chi connectivity index (χ2v) is 14.1. The molecule has 290 valence electrons. The summed E-state index contributed by atoms with van der Waals surface area (Å²) in [5.74, 6) is -0.216. The molecule has 4 nitrogen and oxygen atoms in total. The Labute approximate surface area is 311 Å². The van der Waals surface area contributed by atoms with Crippen molar-refractivity contribution in [1.29, 1.82) is 0 Å². The van der Waals surface area contributed by atoms with Gasteiger partial charge in [-0.05, 0) is 83.5 Å². The van der Waals surface area contributed by atoms with E-state index >= 15 is 0 Å². The van der Waals surface area contributed by atoms with Gasteiger partial charge >= 0.3 is 5.97 Å². The number of ether oxygens (including phenoxy) is 2. The largest absolute Gasteiger partial charge is 0.457 e. The number of aliphatic hydroxyl groups is 1. The number of carbonyl (C=O) groups is 1. The summed E-state index contributed by atoms with van der Waals surface area (Å²) in [6.07, 6.45) is 57.0. The normalized spacial score (nSPS) is 12.9. The van der Waals surface area contributed by atoms with Gasteiger partial charge in [0, 0.05) is 13.0 Å². The zero-order valence-corrected chi connectivity index (χ0v) is 33.2. The Kier molecular flexibility index (Phi) is 41.6. The van der Waals surface area contributed by atoms with Gasteiger partial charge in [-0.25, -0.2) is 0 Å². The molecular formula is C46H82O4. The Bertz CT molecular complexity index is 824. The van der Waals surface area contributed by atoms with Gasteiger partial charge in [-0.2, -0.15) is 0 Å². The summed E-state index contributed by atoms with van der Waals surface area (Å²) < 4.78 is 11.2. The van der Waals surface area contributed by atoms with Crippen molar-refractivity contribution in [3.8, 4) is 0 Å². The quantitative estimate of drug-likeness (QED) is 0.0394. The minimum absolute atomic E-state index is 0.182. The van der Waals surface area contributed by atoms with E-state index in [9.17, 15) is 9.90 Å². The van der Waals surface area contributed by atoms with Crippen LogP contribution in [0.5, 0.6) is 0 Å². The highest BCUT2D eigenvalue weighted by Crippen LogP contribution is 2.12. The van der Waals surface area contributed by atoms with Crippen LogP contribution in [0.1, 0.15) is 200 Å². The highest BCUT2D eigenvalue weighted by atomic mass is 16.6. The summed E-state index contributed by atoms with van der Waals surface area (Å²) >= 11 is 0. The van der Waals surface area contributed by atoms with Crippen molar-refractivity contribution in [3.05, 3.63) is 60.8 Å². The number of carbonyl (C=O) groups excluding carboxylic acids is 1. The number of hydrogen-bond donors (Lipinski definition) is 1. The lowest BCUT2D eigenvalue weighted by Crippen LogP contribution is -2.27. The van der Waals surface area contributed by atoms with E-state index in [0.717, 1.165) is 51.4 Å². The highest BCUT2D eigenvalue weighted by Gasteiger charge is 2.13. The van der Waals surface area contributed by atoms with Gasteiger partial charge < -0.3 is 14.6 Å². The molecule has 0 aliphatic carbocycles. The SMILES string of the molecule is CCCCC/C=C\C/C=C\C/C=C\CCCCCCCCC(=O)OC(CO)COCCCCCCCCCC/C=C\C/C=C\CCCCCC. The first-order valence-electron chi connectivity index (χ1n) is 21.4. The van der Waals surface area contributed by atoms with Gasteiger partial charge in [0.05, 0.1) is 13.2 Å². The summed E-state index contributed by atoms with van der Waals surface area (Å²) in [6, 6.07) is 0. The zero-order chi connectivity index (χ0) is 36.3. The van der Waals surface area contributed by atoms with E-state index in [1.165, 1.54) is 128 Å². The highest BCUT2D eigenvalue weighted by molar-refractivity contribution is 5.69. The number of unbranched alkanes of at least 4 members (excludes halogenated alkanes) is 21. The van der Waals surface area contributed by atoms with Gasteiger partial charge in [0.15, 0.2) is 0 Å². The van der Waals surface area contributed by atoms with Crippen molar-refractivity contribution in [2.24, 2.45) is 0 Å². The molecule has 1 atom stereocenters. The summed E-state index contributed by atoms with van der Waals surface area (Å²) in [4.78, 5) is 12.2. The van der Waals surface area contributed by atoms with Crippen LogP contribution in [-0.4, -0.2) is 37.0 Å². The predicted molar refractivity (Wildman–Crippen MR) is 219 cm³/mol. The predicted octanol–water partition coefficient (Wildman–Crippen LogP) is 14.0. The third-order valence-corrected chi connectivity index (χ3v) is 9.07. The summed E-state index contributed by atoms with van der Waals surface area (Å²) in [5, 5.41) is 9.60. The first-order chi connectivity index (χ1) is 24.7. The van der Waals surface area contributed by atoms with Crippen LogP contribution in [0.15, 0.2) is 60.8 Å². The maximum Gasteiger partial charge on any atom is 0.306 e. The van der Waals surface area contributed by atoms with Crippen LogP contribution in [0, 0.1) is 0 Å². The molecule has 0 aromatic heterocycles. The Balaban J connectivity index is 3.49. The molecule has 0 heterocycles. The van der Waals surface area contributed by atoms with Crippen LogP contribution in [0.25, 0.3) is 0 Å². The Morgan fingerprint density at radius 3 is 1.30 bits per heavy atom. The lowest BCUT2D eigenvalue weighted by molar-refractivity contribution is -0.154. The lowest BCUT2D eigenvalue weighted by Gasteiger charge is -2.15. The molecule has 0 rings (SSSR count). The lowest BCUT2D eigenvalue weighted by atomic mass is 10.1. The molecule has 0 aromatic rings.